The van der Waals surface area contributed by atoms with Crippen LogP contribution in [0.1, 0.15) is 74.9 Å². The largest absolute Gasteiger partial charge is 0.464 e. The Kier molecular flexibility index (Phi) is 7.80. The number of thiophene rings is 1. The van der Waals surface area contributed by atoms with Crippen LogP contribution in [0.3, 0.4) is 0 Å². The second kappa shape index (κ2) is 13.2. The highest BCUT2D eigenvalue weighted by molar-refractivity contribution is 7.26. The lowest BCUT2D eigenvalue weighted by atomic mass is 9.59. The molecule has 0 spiro atoms. The summed E-state index contributed by atoms with van der Waals surface area (Å²) in [6, 6.07) is 59.4. The number of nitrogens with zero attached hydrogens (tertiary/aromatic N) is 1. The zero-order chi connectivity index (χ0) is 43.3. The van der Waals surface area contributed by atoms with Crippen LogP contribution in [0.15, 0.2) is 168 Å². The summed E-state index contributed by atoms with van der Waals surface area (Å²) < 4.78 is 9.13. The molecule has 13 rings (SSSR count). The van der Waals surface area contributed by atoms with Gasteiger partial charge in [0.05, 0.1) is 23.3 Å². The van der Waals surface area contributed by atoms with E-state index >= 15 is 0 Å². The maximum absolute atomic E-state index is 6.45. The van der Waals surface area contributed by atoms with Crippen molar-refractivity contribution in [3.05, 3.63) is 197 Å². The van der Waals surface area contributed by atoms with Gasteiger partial charge >= 0.3 is 0 Å². The van der Waals surface area contributed by atoms with Gasteiger partial charge in [-0.25, -0.2) is 0 Å². The lowest BCUT2D eigenvalue weighted by molar-refractivity contribution is 0.125. The average molecular weight is 844 g/mol. The first kappa shape index (κ1) is 37.8. The number of benzene rings is 8. The Balaban J connectivity index is 1.15. The molecule has 64 heavy (non-hydrogen) atoms. The van der Waals surface area contributed by atoms with E-state index in [-0.39, 0.29) is 16.2 Å². The van der Waals surface area contributed by atoms with Crippen molar-refractivity contribution in [2.24, 2.45) is 5.41 Å². The van der Waals surface area contributed by atoms with Crippen molar-refractivity contribution >= 4 is 59.3 Å². The lowest BCUT2D eigenvalue weighted by Crippen LogP contribution is -2.42. The van der Waals surface area contributed by atoms with E-state index < -0.39 is 0 Å². The number of hydrogen-bond donors (Lipinski definition) is 0. The first-order valence-corrected chi connectivity index (χ1v) is 23.7. The molecule has 10 aromatic rings. The average Bonchev–Trinajstić information content (AvgIpc) is 4.14. The molecule has 0 N–H and O–H groups in total. The second-order valence-corrected chi connectivity index (χ2v) is 21.0. The smallest absolute Gasteiger partial charge is 0.135 e. The molecule has 0 amide bonds. The molecule has 0 radical (unpaired) electrons. The highest BCUT2D eigenvalue weighted by Crippen LogP contribution is 2.66. The molecule has 0 unspecified atom stereocenters. The molecule has 0 bridgehead atoms. The molecule has 3 aliphatic carbocycles. The van der Waals surface area contributed by atoms with Crippen molar-refractivity contribution in [1.29, 1.82) is 0 Å². The zero-order valence-corrected chi connectivity index (χ0v) is 38.1. The first-order valence-electron chi connectivity index (χ1n) is 22.8. The highest BCUT2D eigenvalue weighted by Gasteiger charge is 2.58. The van der Waals surface area contributed by atoms with Crippen LogP contribution in [0.2, 0.25) is 0 Å². The quantitative estimate of drug-likeness (QED) is 0.172. The molecular formula is C61H49NOS. The molecule has 2 aromatic heterocycles. The summed E-state index contributed by atoms with van der Waals surface area (Å²) in [6.45, 7) is 14.9. The molecule has 8 aromatic carbocycles. The standard InChI is InChI=1S/C61H49NOS/c1-59(2)50-35-37-18-8-10-21-40(37)57(55(50)60(3,4)61(59,5)6)62(56-47(52-28-16-32-63-52)31-30-41-39-20-9-7-17-36(39)33-49(41)56)51-27-15-24-44-48(51)34-38-19-13-23-43(54(38)44)46-26-14-25-45-42-22-11-12-29-53(42)64-58(45)46/h7-32,35H,33-34H2,1-6H3. The van der Waals surface area contributed by atoms with Crippen molar-refractivity contribution in [1.82, 2.24) is 0 Å². The maximum atomic E-state index is 6.45. The van der Waals surface area contributed by atoms with Crippen LogP contribution >= 0.6 is 11.3 Å². The second-order valence-electron chi connectivity index (χ2n) is 20.0. The predicted molar refractivity (Wildman–Crippen MR) is 271 cm³/mol. The summed E-state index contributed by atoms with van der Waals surface area (Å²) in [5.41, 5.74) is 20.7. The molecule has 0 saturated heterocycles. The van der Waals surface area contributed by atoms with Gasteiger partial charge in [-0.2, -0.15) is 0 Å². The fourth-order valence-corrected chi connectivity index (χ4v) is 13.4. The Morgan fingerprint density at radius 3 is 2.03 bits per heavy atom. The van der Waals surface area contributed by atoms with Gasteiger partial charge in [0.25, 0.3) is 0 Å². The molecule has 2 nitrogen and oxygen atoms in total. The predicted octanol–water partition coefficient (Wildman–Crippen LogP) is 17.3. The Morgan fingerprint density at radius 2 is 1.17 bits per heavy atom. The Morgan fingerprint density at radius 1 is 0.500 bits per heavy atom. The minimum Gasteiger partial charge on any atom is -0.464 e. The molecule has 0 atom stereocenters. The Labute approximate surface area is 379 Å². The molecule has 0 fully saturated rings. The Bertz CT molecular complexity index is 3600. The number of rotatable bonds is 5. The van der Waals surface area contributed by atoms with Crippen molar-refractivity contribution in [2.75, 3.05) is 4.90 Å². The van der Waals surface area contributed by atoms with Gasteiger partial charge in [0.2, 0.25) is 0 Å². The third kappa shape index (κ3) is 4.91. The molecule has 2 heterocycles. The van der Waals surface area contributed by atoms with Crippen molar-refractivity contribution < 1.29 is 4.42 Å². The normalized spacial score (nSPS) is 15.9. The number of hydrogen-bond acceptors (Lipinski definition) is 3. The van der Waals surface area contributed by atoms with Crippen molar-refractivity contribution in [3.8, 4) is 44.7 Å². The fraction of sp³-hybridized carbons (Fsp3) is 0.180. The van der Waals surface area contributed by atoms with E-state index in [2.05, 4.69) is 198 Å². The highest BCUT2D eigenvalue weighted by atomic mass is 32.1. The van der Waals surface area contributed by atoms with Crippen LogP contribution in [0.4, 0.5) is 17.1 Å². The van der Waals surface area contributed by atoms with E-state index in [4.69, 9.17) is 4.42 Å². The van der Waals surface area contributed by atoms with Gasteiger partial charge in [0.15, 0.2) is 0 Å². The molecular weight excluding hydrogens is 795 g/mol. The SMILES string of the molecule is CC1(C)c2cc3ccccc3c(N(c3cccc4c3Cc3cccc(-c5cccc6c5sc5ccccc56)c3-4)c3c(-c4ccco4)ccc4c3Cc3ccccc3-4)c2C(C)(C)C1(C)C. The van der Waals surface area contributed by atoms with Crippen LogP contribution in [0.25, 0.3) is 75.6 Å². The van der Waals surface area contributed by atoms with Crippen molar-refractivity contribution in [2.45, 2.75) is 65.2 Å². The van der Waals surface area contributed by atoms with E-state index in [0.29, 0.717) is 0 Å². The number of anilines is 3. The summed E-state index contributed by atoms with van der Waals surface area (Å²) in [7, 11) is 0. The fourth-order valence-electron chi connectivity index (χ4n) is 12.2. The summed E-state index contributed by atoms with van der Waals surface area (Å²) in [4.78, 5) is 2.74. The molecule has 3 aliphatic rings. The molecule has 3 heteroatoms. The third-order valence-corrected chi connectivity index (χ3v) is 17.7. The van der Waals surface area contributed by atoms with Crippen LogP contribution in [0.5, 0.6) is 0 Å². The van der Waals surface area contributed by atoms with Gasteiger partial charge in [0.1, 0.15) is 5.76 Å². The number of fused-ring (bicyclic) bond motifs is 11. The summed E-state index contributed by atoms with van der Waals surface area (Å²) >= 11 is 1.91. The van der Waals surface area contributed by atoms with E-state index in [0.717, 1.165) is 24.2 Å². The van der Waals surface area contributed by atoms with E-state index in [1.165, 1.54) is 115 Å². The van der Waals surface area contributed by atoms with Gasteiger partial charge in [0, 0.05) is 49.5 Å². The van der Waals surface area contributed by atoms with Gasteiger partial charge in [-0.3, -0.25) is 0 Å². The minimum absolute atomic E-state index is 0.0593. The van der Waals surface area contributed by atoms with E-state index in [9.17, 15) is 0 Å². The van der Waals surface area contributed by atoms with Gasteiger partial charge in [-0.1, -0.05) is 169 Å². The maximum Gasteiger partial charge on any atom is 0.135 e. The van der Waals surface area contributed by atoms with Crippen LogP contribution in [0, 0.1) is 5.41 Å². The molecule has 0 aliphatic heterocycles. The first-order chi connectivity index (χ1) is 31.0. The summed E-state index contributed by atoms with van der Waals surface area (Å²) in [5, 5.41) is 5.20. The molecule has 310 valence electrons. The zero-order valence-electron chi connectivity index (χ0n) is 37.3. The van der Waals surface area contributed by atoms with E-state index in [1.807, 2.05) is 23.7 Å². The van der Waals surface area contributed by atoms with Crippen molar-refractivity contribution in [3.63, 3.8) is 0 Å². The van der Waals surface area contributed by atoms with Gasteiger partial charge in [-0.15, -0.1) is 11.3 Å². The van der Waals surface area contributed by atoms with Crippen LogP contribution in [-0.2, 0) is 23.7 Å². The summed E-state index contributed by atoms with van der Waals surface area (Å²) in [5.74, 6) is 0.880. The topological polar surface area (TPSA) is 16.4 Å². The number of furan rings is 1. The van der Waals surface area contributed by atoms with E-state index in [1.54, 1.807) is 0 Å². The summed E-state index contributed by atoms with van der Waals surface area (Å²) in [6.07, 6.45) is 3.51. The minimum atomic E-state index is -0.188. The van der Waals surface area contributed by atoms with Gasteiger partial charge < -0.3 is 9.32 Å². The monoisotopic (exact) mass is 843 g/mol. The third-order valence-electron chi connectivity index (χ3n) is 16.5. The van der Waals surface area contributed by atoms with Gasteiger partial charge in [-0.05, 0) is 113 Å². The Hall–Kier alpha value is -6.68. The van der Waals surface area contributed by atoms with Crippen LogP contribution < -0.4 is 4.90 Å². The lowest BCUT2D eigenvalue weighted by Gasteiger charge is -2.45. The molecule has 0 saturated carbocycles. The van der Waals surface area contributed by atoms with Crippen LogP contribution in [-0.4, -0.2) is 0 Å².